The lowest BCUT2D eigenvalue weighted by molar-refractivity contribution is -0.384. The highest BCUT2D eigenvalue weighted by Gasteiger charge is 2.04. The minimum absolute atomic E-state index is 0.101. The Balaban J connectivity index is 2.25. The molecule has 0 spiro atoms. The van der Waals surface area contributed by atoms with Crippen molar-refractivity contribution in [3.05, 3.63) is 68.8 Å². The zero-order valence-corrected chi connectivity index (χ0v) is 12.3. The molecule has 0 bridgehead atoms. The molecule has 4 heteroatoms. The second-order valence-corrected chi connectivity index (χ2v) is 4.86. The van der Waals surface area contributed by atoms with Crippen molar-refractivity contribution in [1.29, 1.82) is 0 Å². The van der Waals surface area contributed by atoms with Crippen LogP contribution in [-0.4, -0.2) is 12.0 Å². The molecule has 0 saturated heterocycles. The van der Waals surface area contributed by atoms with E-state index >= 15 is 0 Å². The van der Waals surface area contributed by atoms with Crippen molar-refractivity contribution in [3.63, 3.8) is 0 Å². The van der Waals surface area contributed by atoms with E-state index in [0.29, 0.717) is 0 Å². The number of nitro benzene ring substituents is 1. The summed E-state index contributed by atoms with van der Waals surface area (Å²) in [5, 5.41) is 10.6. The quantitative estimate of drug-likeness (QED) is 0.475. The largest absolute Gasteiger partial charge is 0.496 e. The molecule has 0 aliphatic carbocycles. The molecule has 0 fully saturated rings. The van der Waals surface area contributed by atoms with Gasteiger partial charge in [0.15, 0.2) is 0 Å². The molecule has 0 saturated carbocycles. The van der Waals surface area contributed by atoms with E-state index in [1.165, 1.54) is 12.1 Å². The normalized spacial score (nSPS) is 10.8. The second kappa shape index (κ2) is 6.22. The van der Waals surface area contributed by atoms with E-state index in [1.807, 2.05) is 32.1 Å². The number of hydrogen-bond acceptors (Lipinski definition) is 3. The fourth-order valence-corrected chi connectivity index (χ4v) is 2.10. The molecular weight excluding hydrogens is 266 g/mol. The summed E-state index contributed by atoms with van der Waals surface area (Å²) >= 11 is 0. The van der Waals surface area contributed by atoms with Crippen molar-refractivity contribution in [3.8, 4) is 5.75 Å². The summed E-state index contributed by atoms with van der Waals surface area (Å²) in [4.78, 5) is 10.2. The third kappa shape index (κ3) is 3.48. The van der Waals surface area contributed by atoms with Crippen LogP contribution in [-0.2, 0) is 0 Å². The molecule has 0 radical (unpaired) electrons. The molecule has 21 heavy (non-hydrogen) atoms. The summed E-state index contributed by atoms with van der Waals surface area (Å²) in [6, 6.07) is 10.6. The van der Waals surface area contributed by atoms with E-state index in [4.69, 9.17) is 4.74 Å². The van der Waals surface area contributed by atoms with Crippen LogP contribution in [0.25, 0.3) is 12.2 Å². The molecule has 0 aliphatic heterocycles. The van der Waals surface area contributed by atoms with Crippen LogP contribution in [0.5, 0.6) is 5.75 Å². The van der Waals surface area contributed by atoms with Gasteiger partial charge in [0.2, 0.25) is 0 Å². The van der Waals surface area contributed by atoms with E-state index in [1.54, 1.807) is 19.2 Å². The Kier molecular flexibility index (Phi) is 4.38. The lowest BCUT2D eigenvalue weighted by atomic mass is 10.0. The molecule has 2 rings (SSSR count). The number of aryl methyl sites for hydroxylation is 2. The van der Waals surface area contributed by atoms with E-state index < -0.39 is 4.92 Å². The molecule has 0 amide bonds. The highest BCUT2D eigenvalue weighted by Crippen LogP contribution is 2.24. The zero-order valence-electron chi connectivity index (χ0n) is 12.3. The predicted octanol–water partition coefficient (Wildman–Crippen LogP) is 4.39. The SMILES string of the molecule is COc1cc(C)c(/C=C/c2ccc([N+](=O)[O-])cc2)cc1C. The van der Waals surface area contributed by atoms with Gasteiger partial charge < -0.3 is 4.74 Å². The van der Waals surface area contributed by atoms with Gasteiger partial charge in [-0.25, -0.2) is 0 Å². The van der Waals surface area contributed by atoms with Gasteiger partial charge in [0.05, 0.1) is 12.0 Å². The number of methoxy groups -OCH3 is 1. The van der Waals surface area contributed by atoms with E-state index in [0.717, 1.165) is 28.0 Å². The Bertz CT molecular complexity index is 688. The Hall–Kier alpha value is -2.62. The third-order valence-corrected chi connectivity index (χ3v) is 3.34. The summed E-state index contributed by atoms with van der Waals surface area (Å²) in [5.41, 5.74) is 4.32. The molecule has 2 aromatic rings. The maximum Gasteiger partial charge on any atom is 0.269 e. The number of nitrogens with zero attached hydrogens (tertiary/aromatic N) is 1. The third-order valence-electron chi connectivity index (χ3n) is 3.34. The molecule has 0 aromatic heterocycles. The molecule has 0 aliphatic rings. The average Bonchev–Trinajstić information content (AvgIpc) is 2.48. The molecule has 0 N–H and O–H groups in total. The lowest BCUT2D eigenvalue weighted by Crippen LogP contribution is -1.90. The van der Waals surface area contributed by atoms with E-state index in [2.05, 4.69) is 6.07 Å². The molecular formula is C17H17NO3. The summed E-state index contributed by atoms with van der Waals surface area (Å²) in [7, 11) is 1.66. The first-order chi connectivity index (χ1) is 10.0. The predicted molar refractivity (Wildman–Crippen MR) is 84.5 cm³/mol. The number of benzene rings is 2. The first-order valence-corrected chi connectivity index (χ1v) is 6.59. The number of non-ortho nitro benzene ring substituents is 1. The lowest BCUT2D eigenvalue weighted by Gasteiger charge is -2.08. The Morgan fingerprint density at radius 1 is 1.05 bits per heavy atom. The van der Waals surface area contributed by atoms with Crippen LogP contribution in [0.15, 0.2) is 36.4 Å². The smallest absolute Gasteiger partial charge is 0.269 e. The van der Waals surface area contributed by atoms with Crippen molar-refractivity contribution in [2.24, 2.45) is 0 Å². The maximum absolute atomic E-state index is 10.6. The first-order valence-electron chi connectivity index (χ1n) is 6.59. The van der Waals surface area contributed by atoms with Crippen molar-refractivity contribution < 1.29 is 9.66 Å². The van der Waals surface area contributed by atoms with E-state index in [-0.39, 0.29) is 5.69 Å². The molecule has 0 unspecified atom stereocenters. The van der Waals surface area contributed by atoms with Crippen LogP contribution in [0.2, 0.25) is 0 Å². The number of rotatable bonds is 4. The van der Waals surface area contributed by atoms with Crippen LogP contribution in [0.4, 0.5) is 5.69 Å². The van der Waals surface area contributed by atoms with Gasteiger partial charge in [-0.15, -0.1) is 0 Å². The Morgan fingerprint density at radius 2 is 1.71 bits per heavy atom. The molecule has 108 valence electrons. The second-order valence-electron chi connectivity index (χ2n) is 4.86. The minimum atomic E-state index is -0.398. The molecule has 0 atom stereocenters. The van der Waals surface area contributed by atoms with Gasteiger partial charge in [0.1, 0.15) is 5.75 Å². The summed E-state index contributed by atoms with van der Waals surface area (Å²) in [6.45, 7) is 4.03. The van der Waals surface area contributed by atoms with E-state index in [9.17, 15) is 10.1 Å². The zero-order chi connectivity index (χ0) is 15.4. The summed E-state index contributed by atoms with van der Waals surface area (Å²) in [5.74, 6) is 0.875. The standard InChI is InChI=1S/C17H17NO3/c1-12-11-17(21-3)13(2)10-15(12)7-4-14-5-8-16(9-6-14)18(19)20/h4-11H,1-3H3/b7-4+. The van der Waals surface area contributed by atoms with Crippen molar-refractivity contribution in [2.75, 3.05) is 7.11 Å². The van der Waals surface area contributed by atoms with Gasteiger partial charge in [0, 0.05) is 12.1 Å². The summed E-state index contributed by atoms with van der Waals surface area (Å²) < 4.78 is 5.29. The average molecular weight is 283 g/mol. The van der Waals surface area contributed by atoms with Crippen LogP contribution >= 0.6 is 0 Å². The molecule has 0 heterocycles. The van der Waals surface area contributed by atoms with Gasteiger partial charge >= 0.3 is 0 Å². The minimum Gasteiger partial charge on any atom is -0.496 e. The molecule has 2 aromatic carbocycles. The van der Waals surface area contributed by atoms with Crippen LogP contribution in [0.1, 0.15) is 22.3 Å². The van der Waals surface area contributed by atoms with Gasteiger partial charge in [-0.05, 0) is 60.4 Å². The van der Waals surface area contributed by atoms with Crippen LogP contribution < -0.4 is 4.74 Å². The summed E-state index contributed by atoms with van der Waals surface area (Å²) in [6.07, 6.45) is 3.95. The van der Waals surface area contributed by atoms with Crippen LogP contribution in [0, 0.1) is 24.0 Å². The monoisotopic (exact) mass is 283 g/mol. The van der Waals surface area contributed by atoms with Gasteiger partial charge in [-0.2, -0.15) is 0 Å². The van der Waals surface area contributed by atoms with Crippen molar-refractivity contribution >= 4 is 17.8 Å². The fourth-order valence-electron chi connectivity index (χ4n) is 2.10. The first kappa shape index (κ1) is 14.8. The fraction of sp³-hybridized carbons (Fsp3) is 0.176. The van der Waals surface area contributed by atoms with Gasteiger partial charge in [0.25, 0.3) is 5.69 Å². The maximum atomic E-state index is 10.6. The number of hydrogen-bond donors (Lipinski definition) is 0. The number of nitro groups is 1. The van der Waals surface area contributed by atoms with Gasteiger partial charge in [-0.1, -0.05) is 12.2 Å². The Morgan fingerprint density at radius 3 is 2.29 bits per heavy atom. The molecule has 4 nitrogen and oxygen atoms in total. The van der Waals surface area contributed by atoms with Crippen molar-refractivity contribution in [2.45, 2.75) is 13.8 Å². The topological polar surface area (TPSA) is 52.4 Å². The van der Waals surface area contributed by atoms with Crippen LogP contribution in [0.3, 0.4) is 0 Å². The Labute approximate surface area is 123 Å². The van der Waals surface area contributed by atoms with Crippen molar-refractivity contribution in [1.82, 2.24) is 0 Å². The van der Waals surface area contributed by atoms with Gasteiger partial charge in [-0.3, -0.25) is 10.1 Å². The highest BCUT2D eigenvalue weighted by molar-refractivity contribution is 5.72. The number of ether oxygens (including phenoxy) is 1. The highest BCUT2D eigenvalue weighted by atomic mass is 16.6.